The molecule has 0 fully saturated rings. The average Bonchev–Trinajstić information content (AvgIpc) is 2.17. The van der Waals surface area contributed by atoms with E-state index in [-0.39, 0.29) is 6.04 Å². The first-order valence-corrected chi connectivity index (χ1v) is 4.26. The van der Waals surface area contributed by atoms with Crippen molar-refractivity contribution in [2.75, 3.05) is 6.54 Å². The molecule has 4 N–H and O–H groups in total. The third-order valence-corrected chi connectivity index (χ3v) is 2.24. The Bertz CT molecular complexity index is 221. The molecule has 0 spiro atoms. The molecule has 1 aromatic carbocycles. The first-order chi connectivity index (χ1) is 5.75. The molecule has 0 heterocycles. The molecule has 0 unspecified atom stereocenters. The second-order valence-corrected chi connectivity index (χ2v) is 3.10. The smallest absolute Gasteiger partial charge is 0.0230 e. The van der Waals surface area contributed by atoms with Gasteiger partial charge in [0.25, 0.3) is 0 Å². The zero-order valence-electron chi connectivity index (χ0n) is 7.40. The van der Waals surface area contributed by atoms with E-state index >= 15 is 0 Å². The molecule has 2 nitrogen and oxygen atoms in total. The van der Waals surface area contributed by atoms with E-state index in [1.807, 2.05) is 18.2 Å². The van der Waals surface area contributed by atoms with Crippen LogP contribution in [0.3, 0.4) is 0 Å². The molecule has 0 saturated carbocycles. The summed E-state index contributed by atoms with van der Waals surface area (Å²) < 4.78 is 0. The van der Waals surface area contributed by atoms with E-state index in [4.69, 9.17) is 11.5 Å². The van der Waals surface area contributed by atoms with Gasteiger partial charge < -0.3 is 11.5 Å². The van der Waals surface area contributed by atoms with Gasteiger partial charge >= 0.3 is 0 Å². The molecule has 1 rings (SSSR count). The van der Waals surface area contributed by atoms with Gasteiger partial charge in [-0.05, 0) is 11.5 Å². The molecule has 66 valence electrons. The molecule has 0 aliphatic rings. The summed E-state index contributed by atoms with van der Waals surface area (Å²) in [6.07, 6.45) is 0. The zero-order chi connectivity index (χ0) is 8.97. The summed E-state index contributed by atoms with van der Waals surface area (Å²) in [4.78, 5) is 0. The maximum atomic E-state index is 5.82. The van der Waals surface area contributed by atoms with Crippen LogP contribution >= 0.6 is 0 Å². The number of hydrogen-bond acceptors (Lipinski definition) is 2. The minimum Gasteiger partial charge on any atom is -0.329 e. The van der Waals surface area contributed by atoms with Crippen LogP contribution in [-0.4, -0.2) is 12.6 Å². The average molecular weight is 164 g/mol. The minimum atomic E-state index is 0.0624. The molecule has 0 aliphatic heterocycles. The van der Waals surface area contributed by atoms with Gasteiger partial charge in [-0.1, -0.05) is 37.3 Å². The highest BCUT2D eigenvalue weighted by molar-refractivity contribution is 5.20. The van der Waals surface area contributed by atoms with Gasteiger partial charge in [0.05, 0.1) is 0 Å². The van der Waals surface area contributed by atoms with Gasteiger partial charge in [-0.2, -0.15) is 0 Å². The van der Waals surface area contributed by atoms with E-state index in [0.717, 1.165) is 0 Å². The molecule has 0 radical (unpaired) electrons. The summed E-state index contributed by atoms with van der Waals surface area (Å²) in [7, 11) is 0. The third-order valence-electron chi connectivity index (χ3n) is 2.24. The Hall–Kier alpha value is -0.860. The van der Waals surface area contributed by atoms with Crippen molar-refractivity contribution < 1.29 is 0 Å². The van der Waals surface area contributed by atoms with Gasteiger partial charge in [0.15, 0.2) is 0 Å². The SMILES string of the molecule is C[C@H](c1ccccc1)[C@H](N)CN. The van der Waals surface area contributed by atoms with Gasteiger partial charge in [0.2, 0.25) is 0 Å². The van der Waals surface area contributed by atoms with Crippen LogP contribution in [0.25, 0.3) is 0 Å². The Labute approximate surface area is 73.6 Å². The summed E-state index contributed by atoms with van der Waals surface area (Å²) in [5, 5.41) is 0. The Morgan fingerprint density at radius 1 is 1.25 bits per heavy atom. The quantitative estimate of drug-likeness (QED) is 0.702. The van der Waals surface area contributed by atoms with Gasteiger partial charge in [-0.25, -0.2) is 0 Å². The molecule has 12 heavy (non-hydrogen) atoms. The standard InChI is InChI=1S/C10H16N2/c1-8(10(12)7-11)9-5-3-2-4-6-9/h2-6,8,10H,7,11-12H2,1H3/t8-,10-/m1/s1. The first kappa shape index (κ1) is 9.23. The van der Waals surface area contributed by atoms with Crippen LogP contribution in [0.4, 0.5) is 0 Å². The van der Waals surface area contributed by atoms with Crippen LogP contribution in [0.15, 0.2) is 30.3 Å². The van der Waals surface area contributed by atoms with Crippen LogP contribution in [-0.2, 0) is 0 Å². The zero-order valence-corrected chi connectivity index (χ0v) is 7.40. The highest BCUT2D eigenvalue weighted by Crippen LogP contribution is 2.16. The van der Waals surface area contributed by atoms with E-state index in [1.54, 1.807) is 0 Å². The summed E-state index contributed by atoms with van der Waals surface area (Å²) in [5.74, 6) is 0.344. The Balaban J connectivity index is 2.71. The fourth-order valence-corrected chi connectivity index (χ4v) is 1.21. The monoisotopic (exact) mass is 164 g/mol. The van der Waals surface area contributed by atoms with E-state index in [2.05, 4.69) is 19.1 Å². The topological polar surface area (TPSA) is 52.0 Å². The van der Waals surface area contributed by atoms with Gasteiger partial charge in [-0.3, -0.25) is 0 Å². The number of nitrogens with two attached hydrogens (primary N) is 2. The molecule has 2 heteroatoms. The molecule has 2 atom stereocenters. The Morgan fingerprint density at radius 2 is 1.83 bits per heavy atom. The molecular formula is C10H16N2. The van der Waals surface area contributed by atoms with Crippen molar-refractivity contribution in [2.45, 2.75) is 18.9 Å². The Kier molecular flexibility index (Phi) is 3.26. The van der Waals surface area contributed by atoms with Crippen LogP contribution in [0.5, 0.6) is 0 Å². The van der Waals surface area contributed by atoms with Crippen molar-refractivity contribution in [3.05, 3.63) is 35.9 Å². The first-order valence-electron chi connectivity index (χ1n) is 4.26. The lowest BCUT2D eigenvalue weighted by Crippen LogP contribution is -2.34. The fourth-order valence-electron chi connectivity index (χ4n) is 1.21. The van der Waals surface area contributed by atoms with Crippen LogP contribution < -0.4 is 11.5 Å². The third kappa shape index (κ3) is 2.06. The van der Waals surface area contributed by atoms with Gasteiger partial charge in [-0.15, -0.1) is 0 Å². The lowest BCUT2D eigenvalue weighted by Gasteiger charge is -2.18. The fraction of sp³-hybridized carbons (Fsp3) is 0.400. The molecular weight excluding hydrogens is 148 g/mol. The van der Waals surface area contributed by atoms with Crippen LogP contribution in [0, 0.1) is 0 Å². The summed E-state index contributed by atoms with van der Waals surface area (Å²) in [5.41, 5.74) is 12.6. The molecule has 0 aliphatic carbocycles. The van der Waals surface area contributed by atoms with E-state index in [0.29, 0.717) is 12.5 Å². The summed E-state index contributed by atoms with van der Waals surface area (Å²) in [6, 6.07) is 10.3. The second-order valence-electron chi connectivity index (χ2n) is 3.10. The van der Waals surface area contributed by atoms with Crippen molar-refractivity contribution in [1.29, 1.82) is 0 Å². The van der Waals surface area contributed by atoms with E-state index in [1.165, 1.54) is 5.56 Å². The molecule has 0 amide bonds. The highest BCUT2D eigenvalue weighted by atomic mass is 14.7. The second kappa shape index (κ2) is 4.24. The van der Waals surface area contributed by atoms with Crippen LogP contribution in [0.1, 0.15) is 18.4 Å². The van der Waals surface area contributed by atoms with Crippen molar-refractivity contribution in [3.8, 4) is 0 Å². The Morgan fingerprint density at radius 3 is 2.33 bits per heavy atom. The van der Waals surface area contributed by atoms with Crippen molar-refractivity contribution in [1.82, 2.24) is 0 Å². The largest absolute Gasteiger partial charge is 0.329 e. The number of rotatable bonds is 3. The molecule has 0 aromatic heterocycles. The molecule has 1 aromatic rings. The minimum absolute atomic E-state index is 0.0624. The van der Waals surface area contributed by atoms with Crippen molar-refractivity contribution in [3.63, 3.8) is 0 Å². The predicted octanol–water partition coefficient (Wildman–Crippen LogP) is 1.08. The van der Waals surface area contributed by atoms with Gasteiger partial charge in [0.1, 0.15) is 0 Å². The summed E-state index contributed by atoms with van der Waals surface area (Å²) >= 11 is 0. The predicted molar refractivity (Wildman–Crippen MR) is 51.9 cm³/mol. The molecule has 0 saturated heterocycles. The van der Waals surface area contributed by atoms with E-state index < -0.39 is 0 Å². The lowest BCUT2D eigenvalue weighted by atomic mass is 9.94. The maximum absolute atomic E-state index is 5.82. The van der Waals surface area contributed by atoms with E-state index in [9.17, 15) is 0 Å². The van der Waals surface area contributed by atoms with Crippen molar-refractivity contribution >= 4 is 0 Å². The normalized spacial score (nSPS) is 15.6. The lowest BCUT2D eigenvalue weighted by molar-refractivity contribution is 0.576. The summed E-state index contributed by atoms with van der Waals surface area (Å²) in [6.45, 7) is 2.64. The molecule has 0 bridgehead atoms. The maximum Gasteiger partial charge on any atom is 0.0230 e. The number of benzene rings is 1. The number of hydrogen-bond donors (Lipinski definition) is 2. The van der Waals surface area contributed by atoms with Crippen molar-refractivity contribution in [2.24, 2.45) is 11.5 Å². The van der Waals surface area contributed by atoms with Gasteiger partial charge in [0, 0.05) is 12.6 Å². The van der Waals surface area contributed by atoms with Crippen LogP contribution in [0.2, 0.25) is 0 Å². The highest BCUT2D eigenvalue weighted by Gasteiger charge is 2.11.